The number of carbonyl (C=O) groups excluding carboxylic acids is 2. The van der Waals surface area contributed by atoms with Gasteiger partial charge >= 0.3 is 11.9 Å². The van der Waals surface area contributed by atoms with Crippen LogP contribution < -0.4 is 0 Å². The van der Waals surface area contributed by atoms with Crippen molar-refractivity contribution < 1.29 is 19.1 Å². The minimum Gasteiger partial charge on any atom is -0.466 e. The summed E-state index contributed by atoms with van der Waals surface area (Å²) in [6.45, 7) is 7.16. The van der Waals surface area contributed by atoms with Crippen LogP contribution in [0.25, 0.3) is 0 Å². The fourth-order valence-corrected chi connectivity index (χ4v) is 4.62. The van der Waals surface area contributed by atoms with Gasteiger partial charge in [-0.2, -0.15) is 0 Å². The highest BCUT2D eigenvalue weighted by atomic mass is 16.5. The third-order valence-corrected chi connectivity index (χ3v) is 6.23. The van der Waals surface area contributed by atoms with Gasteiger partial charge in [0.15, 0.2) is 0 Å². The Bertz CT molecular complexity index is 438. The van der Waals surface area contributed by atoms with E-state index < -0.39 is 0 Å². The Morgan fingerprint density at radius 1 is 0.667 bits per heavy atom. The molecule has 2 unspecified atom stereocenters. The number of unbranched alkanes of at least 4 members (excludes halogenated alkanes) is 11. The van der Waals surface area contributed by atoms with Crippen molar-refractivity contribution >= 4 is 11.9 Å². The summed E-state index contributed by atoms with van der Waals surface area (Å²) in [5, 5.41) is 0. The van der Waals surface area contributed by atoms with E-state index in [9.17, 15) is 9.59 Å². The molecule has 1 rings (SSSR count). The van der Waals surface area contributed by atoms with E-state index in [0.717, 1.165) is 25.7 Å². The van der Waals surface area contributed by atoms with Crippen LogP contribution in [0.5, 0.6) is 0 Å². The van der Waals surface area contributed by atoms with Crippen molar-refractivity contribution in [2.75, 3.05) is 6.61 Å². The number of hydrogen-bond acceptors (Lipinski definition) is 4. The smallest absolute Gasteiger partial charge is 0.306 e. The predicted octanol–water partition coefficient (Wildman–Crippen LogP) is 7.38. The molecule has 30 heavy (non-hydrogen) atoms. The maximum Gasteiger partial charge on any atom is 0.306 e. The monoisotopic (exact) mass is 424 g/mol. The van der Waals surface area contributed by atoms with Gasteiger partial charge in [-0.05, 0) is 37.5 Å². The van der Waals surface area contributed by atoms with Crippen molar-refractivity contribution in [1.29, 1.82) is 0 Å². The molecule has 1 fully saturated rings. The molecule has 0 bridgehead atoms. The Morgan fingerprint density at radius 2 is 1.13 bits per heavy atom. The summed E-state index contributed by atoms with van der Waals surface area (Å²) in [6.07, 6.45) is 18.9. The van der Waals surface area contributed by atoms with Crippen LogP contribution in [0.4, 0.5) is 0 Å². The molecule has 0 spiro atoms. The zero-order valence-corrected chi connectivity index (χ0v) is 20.1. The predicted molar refractivity (Wildman–Crippen MR) is 123 cm³/mol. The molecule has 0 amide bonds. The minimum absolute atomic E-state index is 0.0216. The molecule has 0 aromatic carbocycles. The van der Waals surface area contributed by atoms with E-state index >= 15 is 0 Å². The second kappa shape index (κ2) is 17.6. The van der Waals surface area contributed by atoms with Gasteiger partial charge in [-0.25, -0.2) is 0 Å². The average molecular weight is 425 g/mol. The van der Waals surface area contributed by atoms with Gasteiger partial charge < -0.3 is 9.47 Å². The Balaban J connectivity index is 1.88. The Kier molecular flexibility index (Phi) is 15.8. The number of hydrogen-bond donors (Lipinski definition) is 0. The second-order valence-electron chi connectivity index (χ2n) is 9.64. The van der Waals surface area contributed by atoms with Gasteiger partial charge in [0.05, 0.1) is 19.4 Å². The molecule has 4 heteroatoms. The van der Waals surface area contributed by atoms with E-state index in [0.29, 0.717) is 18.4 Å². The van der Waals surface area contributed by atoms with Crippen LogP contribution in [0.3, 0.4) is 0 Å². The van der Waals surface area contributed by atoms with E-state index in [2.05, 4.69) is 20.8 Å². The Labute approximate surface area is 185 Å². The summed E-state index contributed by atoms with van der Waals surface area (Å²) in [5.74, 6) is 0.670. The second-order valence-corrected chi connectivity index (χ2v) is 9.64. The highest BCUT2D eigenvalue weighted by molar-refractivity contribution is 5.77. The van der Waals surface area contributed by atoms with Gasteiger partial charge in [0, 0.05) is 0 Å². The van der Waals surface area contributed by atoms with Crippen LogP contribution in [0.15, 0.2) is 0 Å². The average Bonchev–Trinajstić information content (AvgIpc) is 2.69. The lowest BCUT2D eigenvalue weighted by Gasteiger charge is -2.31. The summed E-state index contributed by atoms with van der Waals surface area (Å²) in [7, 11) is 0. The SMILES string of the molecule is CCCCCCCCCCCCCCOC(=O)CCC(=O)OC1CC(C)CC(C)C1. The van der Waals surface area contributed by atoms with Gasteiger partial charge in [0.2, 0.25) is 0 Å². The summed E-state index contributed by atoms with van der Waals surface area (Å²) < 4.78 is 10.8. The lowest BCUT2D eigenvalue weighted by Crippen LogP contribution is -2.28. The molecule has 1 aliphatic rings. The molecule has 0 aromatic heterocycles. The van der Waals surface area contributed by atoms with E-state index in [1.165, 1.54) is 70.6 Å². The summed E-state index contributed by atoms with van der Waals surface area (Å²) in [6, 6.07) is 0. The molecule has 1 aliphatic carbocycles. The lowest BCUT2D eigenvalue weighted by atomic mass is 9.82. The molecule has 2 atom stereocenters. The van der Waals surface area contributed by atoms with Crippen LogP contribution in [0.1, 0.15) is 130 Å². The molecule has 0 radical (unpaired) electrons. The van der Waals surface area contributed by atoms with Crippen molar-refractivity contribution in [2.45, 2.75) is 136 Å². The summed E-state index contributed by atoms with van der Waals surface area (Å²) in [5.41, 5.74) is 0. The van der Waals surface area contributed by atoms with Crippen molar-refractivity contribution in [3.63, 3.8) is 0 Å². The first-order valence-electron chi connectivity index (χ1n) is 12.9. The van der Waals surface area contributed by atoms with Crippen molar-refractivity contribution in [1.82, 2.24) is 0 Å². The van der Waals surface area contributed by atoms with E-state index in [4.69, 9.17) is 9.47 Å². The van der Waals surface area contributed by atoms with Crippen LogP contribution >= 0.6 is 0 Å². The van der Waals surface area contributed by atoms with Gasteiger partial charge in [-0.1, -0.05) is 91.4 Å². The number of carbonyl (C=O) groups is 2. The molecule has 4 nitrogen and oxygen atoms in total. The fraction of sp³-hybridized carbons (Fsp3) is 0.923. The molecule has 176 valence electrons. The Hall–Kier alpha value is -1.06. The molecular weight excluding hydrogens is 376 g/mol. The zero-order chi connectivity index (χ0) is 22.0. The third-order valence-electron chi connectivity index (χ3n) is 6.23. The standard InChI is InChI=1S/C26H48O4/c1-4-5-6-7-8-9-10-11-12-13-14-15-18-29-25(27)16-17-26(28)30-24-20-22(2)19-23(3)21-24/h22-24H,4-21H2,1-3H3. The number of esters is 2. The molecule has 1 saturated carbocycles. The van der Waals surface area contributed by atoms with Crippen LogP contribution in [-0.4, -0.2) is 24.6 Å². The summed E-state index contributed by atoms with van der Waals surface area (Å²) >= 11 is 0. The maximum atomic E-state index is 12.0. The first kappa shape index (κ1) is 27.0. The molecular formula is C26H48O4. The largest absolute Gasteiger partial charge is 0.466 e. The molecule has 0 N–H and O–H groups in total. The van der Waals surface area contributed by atoms with Crippen LogP contribution in [0, 0.1) is 11.8 Å². The van der Waals surface area contributed by atoms with Crippen LogP contribution in [0.2, 0.25) is 0 Å². The third kappa shape index (κ3) is 14.8. The fourth-order valence-electron chi connectivity index (χ4n) is 4.62. The van der Waals surface area contributed by atoms with E-state index in [1.807, 2.05) is 0 Å². The minimum atomic E-state index is -0.277. The highest BCUT2D eigenvalue weighted by Gasteiger charge is 2.26. The summed E-state index contributed by atoms with van der Waals surface area (Å²) in [4.78, 5) is 23.8. The quantitative estimate of drug-likeness (QED) is 0.180. The number of ether oxygens (including phenoxy) is 2. The Morgan fingerprint density at radius 3 is 1.67 bits per heavy atom. The van der Waals surface area contributed by atoms with Gasteiger partial charge in [0.25, 0.3) is 0 Å². The van der Waals surface area contributed by atoms with Crippen molar-refractivity contribution in [2.24, 2.45) is 11.8 Å². The van der Waals surface area contributed by atoms with Crippen molar-refractivity contribution in [3.05, 3.63) is 0 Å². The zero-order valence-electron chi connectivity index (χ0n) is 20.1. The lowest BCUT2D eigenvalue weighted by molar-refractivity contribution is -0.155. The van der Waals surface area contributed by atoms with E-state index in [1.54, 1.807) is 0 Å². The van der Waals surface area contributed by atoms with Gasteiger partial charge in [0.1, 0.15) is 6.10 Å². The normalized spacial score (nSPS) is 21.4. The highest BCUT2D eigenvalue weighted by Crippen LogP contribution is 2.30. The number of rotatable bonds is 17. The van der Waals surface area contributed by atoms with E-state index in [-0.39, 0.29) is 30.9 Å². The van der Waals surface area contributed by atoms with Gasteiger partial charge in [-0.3, -0.25) is 9.59 Å². The first-order chi connectivity index (χ1) is 14.5. The molecule has 0 aliphatic heterocycles. The van der Waals surface area contributed by atoms with Crippen LogP contribution in [-0.2, 0) is 19.1 Å². The molecule has 0 saturated heterocycles. The van der Waals surface area contributed by atoms with Gasteiger partial charge in [-0.15, -0.1) is 0 Å². The van der Waals surface area contributed by atoms with Crippen molar-refractivity contribution in [3.8, 4) is 0 Å². The first-order valence-corrected chi connectivity index (χ1v) is 12.9. The topological polar surface area (TPSA) is 52.6 Å². The molecule has 0 heterocycles. The molecule has 0 aromatic rings. The maximum absolute atomic E-state index is 12.0.